The standard InChI is InChI=1S/C24H27FN2O2S/c1-29-19-8-10-23(11-9-19)15-18-7-6-17(5-4-16-2-3-16)14-20(18)24(23)21(28)27(13-12-25)22(30)26-24/h6-7,14,16,19H,2-3,8-13,15H2,1H3,(H,26,30). The van der Waals surface area contributed by atoms with Crippen LogP contribution in [-0.4, -0.2) is 42.4 Å². The first-order chi connectivity index (χ1) is 14.5. The van der Waals surface area contributed by atoms with E-state index in [2.05, 4.69) is 35.4 Å². The zero-order valence-corrected chi connectivity index (χ0v) is 18.1. The number of benzene rings is 1. The number of carbonyl (C=O) groups excluding carboxylic acids is 1. The highest BCUT2D eigenvalue weighted by atomic mass is 32.1. The smallest absolute Gasteiger partial charge is 0.259 e. The summed E-state index contributed by atoms with van der Waals surface area (Å²) < 4.78 is 18.8. The summed E-state index contributed by atoms with van der Waals surface area (Å²) in [5.41, 5.74) is 1.89. The van der Waals surface area contributed by atoms with Crippen LogP contribution < -0.4 is 5.32 Å². The maximum atomic E-state index is 13.8. The van der Waals surface area contributed by atoms with E-state index in [1.165, 1.54) is 23.3 Å². The molecule has 30 heavy (non-hydrogen) atoms. The van der Waals surface area contributed by atoms with Crippen molar-refractivity contribution >= 4 is 23.2 Å². The highest BCUT2D eigenvalue weighted by Crippen LogP contribution is 2.60. The van der Waals surface area contributed by atoms with E-state index in [-0.39, 0.29) is 24.0 Å². The minimum Gasteiger partial charge on any atom is -0.381 e. The van der Waals surface area contributed by atoms with E-state index in [1.54, 1.807) is 7.11 Å². The van der Waals surface area contributed by atoms with Crippen LogP contribution in [0.15, 0.2) is 18.2 Å². The number of nitrogens with one attached hydrogen (secondary N) is 1. The van der Waals surface area contributed by atoms with Crippen LogP contribution in [0, 0.1) is 23.2 Å². The lowest BCUT2D eigenvalue weighted by molar-refractivity contribution is -0.138. The van der Waals surface area contributed by atoms with Gasteiger partial charge in [-0.2, -0.15) is 0 Å². The van der Waals surface area contributed by atoms with Gasteiger partial charge in [0.05, 0.1) is 12.6 Å². The van der Waals surface area contributed by atoms with Crippen molar-refractivity contribution in [3.05, 3.63) is 34.9 Å². The Morgan fingerprint density at radius 3 is 2.73 bits per heavy atom. The average Bonchev–Trinajstić information content (AvgIpc) is 3.51. The third kappa shape index (κ3) is 2.90. The van der Waals surface area contributed by atoms with E-state index in [0.717, 1.165) is 43.2 Å². The number of hydrogen-bond donors (Lipinski definition) is 1. The van der Waals surface area contributed by atoms with E-state index >= 15 is 0 Å². The summed E-state index contributed by atoms with van der Waals surface area (Å²) in [6.07, 6.45) is 6.96. The number of alkyl halides is 1. The predicted octanol–water partition coefficient (Wildman–Crippen LogP) is 3.46. The number of carbonyl (C=O) groups is 1. The average molecular weight is 427 g/mol. The maximum absolute atomic E-state index is 13.8. The maximum Gasteiger partial charge on any atom is 0.259 e. The van der Waals surface area contributed by atoms with Crippen LogP contribution in [0.1, 0.15) is 55.2 Å². The number of rotatable bonds is 3. The topological polar surface area (TPSA) is 41.6 Å². The molecule has 1 aromatic carbocycles. The van der Waals surface area contributed by atoms with Gasteiger partial charge in [0.2, 0.25) is 0 Å². The Morgan fingerprint density at radius 1 is 1.30 bits per heavy atom. The minimum absolute atomic E-state index is 0.000295. The molecule has 1 unspecified atom stereocenters. The molecule has 4 aliphatic rings. The first-order valence-corrected chi connectivity index (χ1v) is 11.3. The fraction of sp³-hybridized carbons (Fsp3) is 0.583. The summed E-state index contributed by atoms with van der Waals surface area (Å²) >= 11 is 5.52. The molecule has 1 heterocycles. The van der Waals surface area contributed by atoms with Crippen molar-refractivity contribution in [3.63, 3.8) is 0 Å². The van der Waals surface area contributed by atoms with Crippen molar-refractivity contribution in [1.82, 2.24) is 10.2 Å². The zero-order chi connectivity index (χ0) is 20.9. The van der Waals surface area contributed by atoms with Crippen molar-refractivity contribution in [2.45, 2.75) is 56.6 Å². The van der Waals surface area contributed by atoms with E-state index in [1.807, 2.05) is 0 Å². The van der Waals surface area contributed by atoms with Gasteiger partial charge in [0, 0.05) is 24.0 Å². The van der Waals surface area contributed by atoms with Gasteiger partial charge in [0.15, 0.2) is 10.7 Å². The summed E-state index contributed by atoms with van der Waals surface area (Å²) in [4.78, 5) is 15.3. The number of halogens is 1. The molecule has 6 heteroatoms. The van der Waals surface area contributed by atoms with Crippen LogP contribution in [0.25, 0.3) is 0 Å². The van der Waals surface area contributed by atoms with E-state index in [9.17, 15) is 9.18 Å². The molecule has 3 aliphatic carbocycles. The normalized spacial score (nSPS) is 32.3. The van der Waals surface area contributed by atoms with Crippen molar-refractivity contribution in [1.29, 1.82) is 0 Å². The minimum atomic E-state index is -0.926. The summed E-state index contributed by atoms with van der Waals surface area (Å²) in [5, 5.41) is 3.76. The second kappa shape index (κ2) is 7.32. The van der Waals surface area contributed by atoms with Crippen LogP contribution >= 0.6 is 12.2 Å². The number of ether oxygens (including phenoxy) is 1. The fourth-order valence-corrected chi connectivity index (χ4v) is 6.02. The molecule has 3 fully saturated rings. The summed E-state index contributed by atoms with van der Waals surface area (Å²) in [5.74, 6) is 7.03. The van der Waals surface area contributed by atoms with Crippen LogP contribution in [0.3, 0.4) is 0 Å². The molecule has 1 amide bonds. The molecule has 5 rings (SSSR count). The quantitative estimate of drug-likeness (QED) is 0.594. The number of thiocarbonyl (C=S) groups is 1. The van der Waals surface area contributed by atoms with E-state index < -0.39 is 12.2 Å². The highest BCUT2D eigenvalue weighted by Gasteiger charge is 2.67. The highest BCUT2D eigenvalue weighted by molar-refractivity contribution is 7.80. The van der Waals surface area contributed by atoms with Crippen LogP contribution in [0.2, 0.25) is 0 Å². The van der Waals surface area contributed by atoms with Crippen LogP contribution in [-0.2, 0) is 21.5 Å². The number of nitrogens with zero attached hydrogens (tertiary/aromatic N) is 1. The first kappa shape index (κ1) is 20.0. The Balaban J connectivity index is 1.60. The Kier molecular flexibility index (Phi) is 4.87. The van der Waals surface area contributed by atoms with Crippen LogP contribution in [0.4, 0.5) is 4.39 Å². The van der Waals surface area contributed by atoms with Gasteiger partial charge < -0.3 is 10.1 Å². The van der Waals surface area contributed by atoms with Gasteiger partial charge in [0.1, 0.15) is 6.67 Å². The fourth-order valence-electron chi connectivity index (χ4n) is 5.69. The number of methoxy groups -OCH3 is 1. The largest absolute Gasteiger partial charge is 0.381 e. The molecule has 2 spiro atoms. The predicted molar refractivity (Wildman–Crippen MR) is 117 cm³/mol. The van der Waals surface area contributed by atoms with Crippen molar-refractivity contribution < 1.29 is 13.9 Å². The molecule has 0 bridgehead atoms. The van der Waals surface area contributed by atoms with Gasteiger partial charge in [-0.15, -0.1) is 0 Å². The lowest BCUT2D eigenvalue weighted by Crippen LogP contribution is -2.56. The van der Waals surface area contributed by atoms with Crippen molar-refractivity contribution in [3.8, 4) is 11.8 Å². The van der Waals surface area contributed by atoms with Crippen LogP contribution in [0.5, 0.6) is 0 Å². The Bertz CT molecular complexity index is 956. The van der Waals surface area contributed by atoms with E-state index in [0.29, 0.717) is 11.0 Å². The molecule has 1 atom stereocenters. The van der Waals surface area contributed by atoms with Gasteiger partial charge in [-0.3, -0.25) is 9.69 Å². The Morgan fingerprint density at radius 2 is 2.07 bits per heavy atom. The molecule has 4 nitrogen and oxygen atoms in total. The van der Waals surface area contributed by atoms with E-state index in [4.69, 9.17) is 17.0 Å². The number of hydrogen-bond acceptors (Lipinski definition) is 3. The molecule has 0 radical (unpaired) electrons. The van der Waals surface area contributed by atoms with Crippen molar-refractivity contribution in [2.75, 3.05) is 20.3 Å². The monoisotopic (exact) mass is 426 g/mol. The number of amides is 1. The van der Waals surface area contributed by atoms with Crippen molar-refractivity contribution in [2.24, 2.45) is 11.3 Å². The third-order valence-corrected chi connectivity index (χ3v) is 7.80. The third-order valence-electron chi connectivity index (χ3n) is 7.47. The number of fused-ring (bicyclic) bond motifs is 3. The summed E-state index contributed by atoms with van der Waals surface area (Å²) in [6.45, 7) is -0.609. The first-order valence-electron chi connectivity index (χ1n) is 10.9. The molecule has 1 aliphatic heterocycles. The SMILES string of the molecule is COC1CCC2(CC1)Cc1ccc(C#CC3CC3)cc1C21NC(=S)N(CCF)C1=O. The molecule has 0 aromatic heterocycles. The molecule has 1 saturated heterocycles. The second-order valence-electron chi connectivity index (χ2n) is 9.13. The molecule has 2 saturated carbocycles. The molecule has 1 aromatic rings. The molecule has 1 N–H and O–H groups in total. The Labute approximate surface area is 182 Å². The molecular weight excluding hydrogens is 399 g/mol. The lowest BCUT2D eigenvalue weighted by Gasteiger charge is -2.46. The zero-order valence-electron chi connectivity index (χ0n) is 17.3. The van der Waals surface area contributed by atoms with Gasteiger partial charge in [-0.1, -0.05) is 17.9 Å². The second-order valence-corrected chi connectivity index (χ2v) is 9.52. The lowest BCUT2D eigenvalue weighted by atomic mass is 9.61. The van der Waals surface area contributed by atoms with Gasteiger partial charge in [-0.05, 0) is 80.4 Å². The Hall–Kier alpha value is -1.97. The van der Waals surface area contributed by atoms with Gasteiger partial charge >= 0.3 is 0 Å². The van der Waals surface area contributed by atoms with Gasteiger partial charge in [-0.25, -0.2) is 4.39 Å². The summed E-state index contributed by atoms with van der Waals surface area (Å²) in [7, 11) is 1.75. The van der Waals surface area contributed by atoms with Gasteiger partial charge in [0.25, 0.3) is 5.91 Å². The summed E-state index contributed by atoms with van der Waals surface area (Å²) in [6, 6.07) is 6.27. The molecular formula is C24H27FN2O2S. The molecule has 158 valence electrons.